The number of nitro benzene ring substituents is 1. The zero-order valence-electron chi connectivity index (χ0n) is 9.13. The number of nitrogens with one attached hydrogen (secondary N) is 1. The van der Waals surface area contributed by atoms with Crippen molar-refractivity contribution < 1.29 is 18.1 Å². The Hall–Kier alpha value is -1.34. The van der Waals surface area contributed by atoms with Gasteiger partial charge in [-0.25, -0.2) is 0 Å². The Morgan fingerprint density at radius 1 is 1.39 bits per heavy atom. The summed E-state index contributed by atoms with van der Waals surface area (Å²) in [4.78, 5) is 9.85. The molecule has 8 heteroatoms. The predicted octanol–water partition coefficient (Wildman–Crippen LogP) is 3.29. The highest BCUT2D eigenvalue weighted by atomic mass is 35.5. The smallest absolute Gasteiger partial charge is 0.312 e. The second-order valence-corrected chi connectivity index (χ2v) is 3.98. The fourth-order valence-corrected chi connectivity index (χ4v) is 1.49. The van der Waals surface area contributed by atoms with Crippen LogP contribution in [0.2, 0.25) is 5.02 Å². The van der Waals surface area contributed by atoms with Gasteiger partial charge in [0.05, 0.1) is 16.4 Å². The molecule has 0 radical (unpaired) electrons. The maximum atomic E-state index is 11.9. The van der Waals surface area contributed by atoms with Crippen LogP contribution >= 0.6 is 11.6 Å². The van der Waals surface area contributed by atoms with E-state index in [1.165, 1.54) is 18.2 Å². The van der Waals surface area contributed by atoms with Gasteiger partial charge in [0.15, 0.2) is 0 Å². The van der Waals surface area contributed by atoms with Crippen molar-refractivity contribution in [1.29, 1.82) is 0 Å². The molecule has 0 spiro atoms. The highest BCUT2D eigenvalue weighted by Gasteiger charge is 2.25. The van der Waals surface area contributed by atoms with Crippen LogP contribution in [0.1, 0.15) is 12.0 Å². The molecule has 0 aliphatic rings. The second kappa shape index (κ2) is 6.01. The van der Waals surface area contributed by atoms with Crippen molar-refractivity contribution in [2.24, 2.45) is 0 Å². The normalized spacial score (nSPS) is 11.6. The topological polar surface area (TPSA) is 55.2 Å². The van der Waals surface area contributed by atoms with E-state index in [1.54, 1.807) is 0 Å². The molecule has 100 valence electrons. The summed E-state index contributed by atoms with van der Waals surface area (Å²) in [6, 6.07) is 3.84. The average Bonchev–Trinajstić information content (AvgIpc) is 2.24. The van der Waals surface area contributed by atoms with Crippen molar-refractivity contribution in [3.05, 3.63) is 38.9 Å². The van der Waals surface area contributed by atoms with Crippen molar-refractivity contribution in [3.8, 4) is 0 Å². The van der Waals surface area contributed by atoms with E-state index >= 15 is 0 Å². The van der Waals surface area contributed by atoms with Crippen LogP contribution in [0, 0.1) is 10.1 Å². The first-order chi connectivity index (χ1) is 8.29. The van der Waals surface area contributed by atoms with Crippen molar-refractivity contribution in [3.63, 3.8) is 0 Å². The summed E-state index contributed by atoms with van der Waals surface area (Å²) in [5.74, 6) is 0. The zero-order valence-corrected chi connectivity index (χ0v) is 9.88. The molecule has 18 heavy (non-hydrogen) atoms. The Morgan fingerprint density at radius 2 is 2.06 bits per heavy atom. The fraction of sp³-hybridized carbons (Fsp3) is 0.400. The van der Waals surface area contributed by atoms with Crippen molar-refractivity contribution in [2.45, 2.75) is 19.1 Å². The maximum Gasteiger partial charge on any atom is 0.390 e. The van der Waals surface area contributed by atoms with Crippen LogP contribution in [-0.4, -0.2) is 17.6 Å². The molecule has 0 heterocycles. The summed E-state index contributed by atoms with van der Waals surface area (Å²) in [5, 5.41) is 13.2. The molecular formula is C10H10ClF3N2O2. The van der Waals surface area contributed by atoms with Crippen LogP contribution in [0.5, 0.6) is 0 Å². The van der Waals surface area contributed by atoms with Gasteiger partial charge in [-0.1, -0.05) is 11.6 Å². The van der Waals surface area contributed by atoms with E-state index < -0.39 is 17.5 Å². The highest BCUT2D eigenvalue weighted by molar-refractivity contribution is 6.31. The lowest BCUT2D eigenvalue weighted by Crippen LogP contribution is -2.21. The summed E-state index contributed by atoms with van der Waals surface area (Å²) in [6.07, 6.45) is -5.14. The van der Waals surface area contributed by atoms with E-state index in [-0.39, 0.29) is 23.8 Å². The molecule has 1 aromatic carbocycles. The zero-order chi connectivity index (χ0) is 13.8. The summed E-state index contributed by atoms with van der Waals surface area (Å²) in [5.41, 5.74) is 0.364. The molecule has 1 rings (SSSR count). The summed E-state index contributed by atoms with van der Waals surface area (Å²) in [7, 11) is 0. The van der Waals surface area contributed by atoms with Gasteiger partial charge in [-0.2, -0.15) is 13.2 Å². The third kappa shape index (κ3) is 4.89. The first kappa shape index (κ1) is 14.7. The number of nitro groups is 1. The van der Waals surface area contributed by atoms with E-state index in [0.717, 1.165) is 0 Å². The first-order valence-corrected chi connectivity index (χ1v) is 5.37. The van der Waals surface area contributed by atoms with Crippen LogP contribution in [-0.2, 0) is 6.54 Å². The van der Waals surface area contributed by atoms with Gasteiger partial charge < -0.3 is 5.32 Å². The van der Waals surface area contributed by atoms with Crippen molar-refractivity contribution >= 4 is 17.3 Å². The molecule has 0 aliphatic heterocycles. The van der Waals surface area contributed by atoms with Crippen LogP contribution in [0.3, 0.4) is 0 Å². The Labute approximate surface area is 106 Å². The summed E-state index contributed by atoms with van der Waals surface area (Å²) < 4.78 is 35.6. The van der Waals surface area contributed by atoms with Crippen molar-refractivity contribution in [2.75, 3.05) is 6.54 Å². The minimum Gasteiger partial charge on any atom is -0.312 e. The van der Waals surface area contributed by atoms with Gasteiger partial charge in [-0.3, -0.25) is 10.1 Å². The fourth-order valence-electron chi connectivity index (χ4n) is 1.25. The van der Waals surface area contributed by atoms with Gasteiger partial charge >= 0.3 is 6.18 Å². The Morgan fingerprint density at radius 3 is 2.56 bits per heavy atom. The van der Waals surface area contributed by atoms with Crippen LogP contribution < -0.4 is 5.32 Å². The standard InChI is InChI=1S/C10H10ClF3N2O2/c11-9-5-8(16(17)18)2-1-7(9)6-15-4-3-10(12,13)14/h1-2,5,15H,3-4,6H2. The van der Waals surface area contributed by atoms with Crippen LogP contribution in [0.15, 0.2) is 18.2 Å². The molecule has 0 bridgehead atoms. The minimum absolute atomic E-state index is 0.132. The molecule has 0 atom stereocenters. The minimum atomic E-state index is -4.20. The Balaban J connectivity index is 2.51. The maximum absolute atomic E-state index is 11.9. The Kier molecular flexibility index (Phi) is 4.92. The molecule has 0 fully saturated rings. The monoisotopic (exact) mass is 282 g/mol. The molecule has 0 aromatic heterocycles. The third-order valence-electron chi connectivity index (χ3n) is 2.15. The molecular weight excluding hydrogens is 273 g/mol. The summed E-state index contributed by atoms with van der Waals surface area (Å²) in [6.45, 7) is -0.0935. The van der Waals surface area contributed by atoms with Gasteiger partial charge in [0.1, 0.15) is 0 Å². The quantitative estimate of drug-likeness (QED) is 0.512. The van der Waals surface area contributed by atoms with Crippen LogP contribution in [0.25, 0.3) is 0 Å². The lowest BCUT2D eigenvalue weighted by Gasteiger charge is -2.08. The number of non-ortho nitro benzene ring substituents is 1. The number of nitrogens with zero attached hydrogens (tertiary/aromatic N) is 1. The van der Waals surface area contributed by atoms with Crippen LogP contribution in [0.4, 0.5) is 18.9 Å². The van der Waals surface area contributed by atoms with Gasteiger partial charge in [-0.05, 0) is 11.6 Å². The van der Waals surface area contributed by atoms with E-state index in [0.29, 0.717) is 5.56 Å². The van der Waals surface area contributed by atoms with Gasteiger partial charge in [-0.15, -0.1) is 0 Å². The van der Waals surface area contributed by atoms with E-state index in [1.807, 2.05) is 0 Å². The molecule has 4 nitrogen and oxygen atoms in total. The van der Waals surface area contributed by atoms with E-state index in [9.17, 15) is 23.3 Å². The average molecular weight is 283 g/mol. The Bertz CT molecular complexity index is 438. The summed E-state index contributed by atoms with van der Waals surface area (Å²) >= 11 is 5.78. The number of rotatable bonds is 5. The first-order valence-electron chi connectivity index (χ1n) is 5.00. The molecule has 0 unspecified atom stereocenters. The second-order valence-electron chi connectivity index (χ2n) is 3.57. The number of hydrogen-bond donors (Lipinski definition) is 1. The van der Waals surface area contributed by atoms with E-state index in [4.69, 9.17) is 11.6 Å². The molecule has 0 saturated carbocycles. The SMILES string of the molecule is O=[N+]([O-])c1ccc(CNCCC(F)(F)F)c(Cl)c1. The number of hydrogen-bond acceptors (Lipinski definition) is 3. The predicted molar refractivity (Wildman–Crippen MR) is 60.5 cm³/mol. The molecule has 1 aromatic rings. The lowest BCUT2D eigenvalue weighted by atomic mass is 10.2. The van der Waals surface area contributed by atoms with Gasteiger partial charge in [0.2, 0.25) is 0 Å². The lowest BCUT2D eigenvalue weighted by molar-refractivity contribution is -0.384. The molecule has 1 N–H and O–H groups in total. The van der Waals surface area contributed by atoms with Gasteiger partial charge in [0.25, 0.3) is 5.69 Å². The number of benzene rings is 1. The van der Waals surface area contributed by atoms with E-state index in [2.05, 4.69) is 5.32 Å². The molecule has 0 aliphatic carbocycles. The largest absolute Gasteiger partial charge is 0.390 e. The number of halogens is 4. The number of alkyl halides is 3. The molecule has 0 saturated heterocycles. The van der Waals surface area contributed by atoms with Crippen molar-refractivity contribution in [1.82, 2.24) is 5.32 Å². The third-order valence-corrected chi connectivity index (χ3v) is 2.50. The van der Waals surface area contributed by atoms with Gasteiger partial charge in [0, 0.05) is 25.2 Å². The highest BCUT2D eigenvalue weighted by Crippen LogP contribution is 2.22. The molecule has 0 amide bonds.